The second-order valence-electron chi connectivity index (χ2n) is 6.09. The predicted molar refractivity (Wildman–Crippen MR) is 85.6 cm³/mol. The van der Waals surface area contributed by atoms with Gasteiger partial charge in [0.25, 0.3) is 5.89 Å². The number of rotatable bonds is 4. The summed E-state index contributed by atoms with van der Waals surface area (Å²) < 4.78 is 32.3. The van der Waals surface area contributed by atoms with Crippen molar-refractivity contribution < 1.29 is 18.1 Å². The van der Waals surface area contributed by atoms with E-state index in [1.807, 2.05) is 7.05 Å². The number of amides is 2. The summed E-state index contributed by atoms with van der Waals surface area (Å²) in [6, 6.07) is 3.36. The molecule has 2 amide bonds. The average molecular weight is 351 g/mol. The Morgan fingerprint density at radius 1 is 1.44 bits per heavy atom. The van der Waals surface area contributed by atoms with E-state index < -0.39 is 11.6 Å². The van der Waals surface area contributed by atoms with Crippen molar-refractivity contribution in [2.45, 2.75) is 19.0 Å². The number of nitrogens with one attached hydrogen (secondary N) is 1. The van der Waals surface area contributed by atoms with Crippen molar-refractivity contribution in [3.8, 4) is 11.5 Å². The number of hydrogen-bond acceptors (Lipinski definition) is 5. The average Bonchev–Trinajstić information content (AvgIpc) is 3.21. The van der Waals surface area contributed by atoms with E-state index in [2.05, 4.69) is 20.4 Å². The number of urea groups is 1. The van der Waals surface area contributed by atoms with Crippen LogP contribution in [0.3, 0.4) is 0 Å². The molecule has 0 radical (unpaired) electrons. The second-order valence-corrected chi connectivity index (χ2v) is 6.09. The number of aromatic nitrogens is 2. The molecule has 2 aromatic rings. The summed E-state index contributed by atoms with van der Waals surface area (Å²) in [7, 11) is 3.74. The summed E-state index contributed by atoms with van der Waals surface area (Å²) in [5.41, 5.74) is -0.376. The zero-order chi connectivity index (χ0) is 18.0. The molecule has 1 fully saturated rings. The van der Waals surface area contributed by atoms with E-state index in [1.54, 1.807) is 11.9 Å². The Labute approximate surface area is 143 Å². The van der Waals surface area contributed by atoms with E-state index in [0.29, 0.717) is 0 Å². The highest BCUT2D eigenvalue weighted by molar-refractivity contribution is 5.74. The summed E-state index contributed by atoms with van der Waals surface area (Å²) >= 11 is 0. The molecule has 0 bridgehead atoms. The van der Waals surface area contributed by atoms with E-state index in [0.717, 1.165) is 31.6 Å². The lowest BCUT2D eigenvalue weighted by molar-refractivity contribution is 0.190. The maximum absolute atomic E-state index is 13.7. The van der Waals surface area contributed by atoms with E-state index in [1.165, 1.54) is 6.07 Å². The van der Waals surface area contributed by atoms with Crippen LogP contribution in [0, 0.1) is 11.6 Å². The number of likely N-dealkylation sites (N-methyl/N-ethyl adjacent to an activating group) is 2. The first-order valence-electron chi connectivity index (χ1n) is 7.92. The normalized spacial score (nSPS) is 17.7. The van der Waals surface area contributed by atoms with Gasteiger partial charge in [0, 0.05) is 19.6 Å². The van der Waals surface area contributed by atoms with Gasteiger partial charge in [-0.05, 0) is 32.1 Å². The number of likely N-dealkylation sites (tertiary alicyclic amines) is 1. The molecule has 0 unspecified atom stereocenters. The third-order valence-electron chi connectivity index (χ3n) is 4.28. The number of carbonyl (C=O) groups is 1. The molecule has 0 saturated carbocycles. The Bertz CT molecular complexity index is 746. The van der Waals surface area contributed by atoms with Gasteiger partial charge in [0.15, 0.2) is 5.82 Å². The van der Waals surface area contributed by atoms with Crippen LogP contribution in [0.5, 0.6) is 0 Å². The van der Waals surface area contributed by atoms with Gasteiger partial charge in [-0.2, -0.15) is 4.98 Å². The maximum Gasteiger partial charge on any atom is 0.317 e. The van der Waals surface area contributed by atoms with Gasteiger partial charge in [-0.1, -0.05) is 11.2 Å². The third kappa shape index (κ3) is 3.76. The van der Waals surface area contributed by atoms with Crippen LogP contribution in [0.15, 0.2) is 22.7 Å². The minimum absolute atomic E-state index is 0.00526. The molecule has 1 aromatic carbocycles. The van der Waals surface area contributed by atoms with Crippen molar-refractivity contribution in [1.29, 1.82) is 0 Å². The zero-order valence-corrected chi connectivity index (χ0v) is 14.0. The summed E-state index contributed by atoms with van der Waals surface area (Å²) in [6.07, 6.45) is 0.916. The standard InChI is InChI=1S/C16H19F2N5O2/c1-22-7-6-10(9-22)23(2)16(24)19-8-13-20-15(25-21-13)14-11(17)4-3-5-12(14)18/h3-5,10H,6-9H2,1-2H3,(H,19,24)/t10-/m0/s1. The van der Waals surface area contributed by atoms with Crippen LogP contribution in [0.25, 0.3) is 11.5 Å². The molecular formula is C16H19F2N5O2. The van der Waals surface area contributed by atoms with Crippen molar-refractivity contribution in [3.05, 3.63) is 35.7 Å². The third-order valence-corrected chi connectivity index (χ3v) is 4.28. The van der Waals surface area contributed by atoms with Gasteiger partial charge in [0.05, 0.1) is 6.54 Å². The van der Waals surface area contributed by atoms with Gasteiger partial charge in [-0.25, -0.2) is 13.6 Å². The Hall–Kier alpha value is -2.55. The number of carbonyl (C=O) groups excluding carboxylic acids is 1. The summed E-state index contributed by atoms with van der Waals surface area (Å²) in [5.74, 6) is -1.69. The quantitative estimate of drug-likeness (QED) is 0.910. The highest BCUT2D eigenvalue weighted by atomic mass is 19.1. The molecule has 134 valence electrons. The van der Waals surface area contributed by atoms with Crippen LogP contribution in [-0.4, -0.2) is 59.2 Å². The van der Waals surface area contributed by atoms with Crippen LogP contribution in [0.2, 0.25) is 0 Å². The number of nitrogens with zero attached hydrogens (tertiary/aromatic N) is 4. The molecule has 1 aromatic heterocycles. The first-order valence-corrected chi connectivity index (χ1v) is 7.92. The molecule has 2 heterocycles. The number of halogens is 2. The molecule has 1 atom stereocenters. The largest absolute Gasteiger partial charge is 0.334 e. The molecule has 3 rings (SSSR count). The van der Waals surface area contributed by atoms with E-state index in [9.17, 15) is 13.6 Å². The Morgan fingerprint density at radius 2 is 2.16 bits per heavy atom. The molecule has 1 N–H and O–H groups in total. The molecule has 1 aliphatic rings. The van der Waals surface area contributed by atoms with Crippen molar-refractivity contribution in [1.82, 2.24) is 25.3 Å². The molecule has 0 spiro atoms. The summed E-state index contributed by atoms with van der Waals surface area (Å²) in [6.45, 7) is 1.78. The van der Waals surface area contributed by atoms with E-state index >= 15 is 0 Å². The van der Waals surface area contributed by atoms with Crippen LogP contribution in [0.4, 0.5) is 13.6 Å². The molecule has 0 aliphatic carbocycles. The van der Waals surface area contributed by atoms with Gasteiger partial charge in [-0.15, -0.1) is 0 Å². The number of benzene rings is 1. The first-order chi connectivity index (χ1) is 12.0. The summed E-state index contributed by atoms with van der Waals surface area (Å²) in [4.78, 5) is 19.9. The zero-order valence-electron chi connectivity index (χ0n) is 14.0. The monoisotopic (exact) mass is 351 g/mol. The highest BCUT2D eigenvalue weighted by Gasteiger charge is 2.26. The summed E-state index contributed by atoms with van der Waals surface area (Å²) in [5, 5.41) is 6.34. The molecule has 1 saturated heterocycles. The Balaban J connectivity index is 1.61. The lowest BCUT2D eigenvalue weighted by Gasteiger charge is -2.24. The van der Waals surface area contributed by atoms with E-state index in [4.69, 9.17) is 4.52 Å². The fraction of sp³-hybridized carbons (Fsp3) is 0.438. The lowest BCUT2D eigenvalue weighted by Crippen LogP contribution is -2.44. The molecule has 9 heteroatoms. The molecule has 7 nitrogen and oxygen atoms in total. The predicted octanol–water partition coefficient (Wildman–Crippen LogP) is 1.86. The van der Waals surface area contributed by atoms with Gasteiger partial charge < -0.3 is 19.6 Å². The second kappa shape index (κ2) is 7.14. The minimum Gasteiger partial charge on any atom is -0.334 e. The van der Waals surface area contributed by atoms with E-state index in [-0.39, 0.29) is 35.9 Å². The smallest absolute Gasteiger partial charge is 0.317 e. The van der Waals surface area contributed by atoms with Crippen molar-refractivity contribution >= 4 is 6.03 Å². The van der Waals surface area contributed by atoms with Crippen LogP contribution in [0.1, 0.15) is 12.2 Å². The topological polar surface area (TPSA) is 74.5 Å². The number of hydrogen-bond donors (Lipinski definition) is 1. The Kier molecular flexibility index (Phi) is 4.93. The maximum atomic E-state index is 13.7. The van der Waals surface area contributed by atoms with Crippen LogP contribution in [-0.2, 0) is 6.54 Å². The van der Waals surface area contributed by atoms with Gasteiger partial charge >= 0.3 is 6.03 Å². The van der Waals surface area contributed by atoms with Crippen LogP contribution >= 0.6 is 0 Å². The SMILES string of the molecule is CN1CC[C@H](N(C)C(=O)NCc2noc(-c3c(F)cccc3F)n2)C1. The molecule has 25 heavy (non-hydrogen) atoms. The first kappa shape index (κ1) is 17.3. The van der Waals surface area contributed by atoms with Crippen molar-refractivity contribution in [3.63, 3.8) is 0 Å². The minimum atomic E-state index is -0.788. The van der Waals surface area contributed by atoms with Gasteiger partial charge in [0.1, 0.15) is 17.2 Å². The van der Waals surface area contributed by atoms with Crippen LogP contribution < -0.4 is 5.32 Å². The van der Waals surface area contributed by atoms with Crippen molar-refractivity contribution in [2.24, 2.45) is 0 Å². The van der Waals surface area contributed by atoms with Crippen molar-refractivity contribution in [2.75, 3.05) is 27.2 Å². The van der Waals surface area contributed by atoms with Gasteiger partial charge in [0.2, 0.25) is 0 Å². The lowest BCUT2D eigenvalue weighted by atomic mass is 10.2. The Morgan fingerprint density at radius 3 is 2.80 bits per heavy atom. The highest BCUT2D eigenvalue weighted by Crippen LogP contribution is 2.24. The molecule has 1 aliphatic heterocycles. The fourth-order valence-electron chi connectivity index (χ4n) is 2.80. The van der Waals surface area contributed by atoms with Gasteiger partial charge in [-0.3, -0.25) is 0 Å². The fourth-order valence-corrected chi connectivity index (χ4v) is 2.80. The molecular weight excluding hydrogens is 332 g/mol.